The molecule has 2 amide bonds. The summed E-state index contributed by atoms with van der Waals surface area (Å²) >= 11 is 0. The van der Waals surface area contributed by atoms with Gasteiger partial charge in [-0.3, -0.25) is 9.59 Å². The lowest BCUT2D eigenvalue weighted by Gasteiger charge is -2.19. The van der Waals surface area contributed by atoms with Gasteiger partial charge in [0.1, 0.15) is 5.75 Å². The van der Waals surface area contributed by atoms with E-state index in [0.29, 0.717) is 17.0 Å². The molecular weight excluding hydrogens is 376 g/mol. The summed E-state index contributed by atoms with van der Waals surface area (Å²) in [5, 5.41) is 5.80. The Bertz CT molecular complexity index is 1020. The van der Waals surface area contributed by atoms with Crippen molar-refractivity contribution >= 4 is 17.5 Å². The Hall–Kier alpha value is -3.60. The van der Waals surface area contributed by atoms with Crippen LogP contribution in [0.1, 0.15) is 41.4 Å². The highest BCUT2D eigenvalue weighted by molar-refractivity contribution is 6.04. The number of rotatable bonds is 7. The number of hydrogen-bond acceptors (Lipinski definition) is 3. The van der Waals surface area contributed by atoms with Gasteiger partial charge in [0.15, 0.2) is 6.10 Å². The first kappa shape index (κ1) is 21.1. The molecule has 0 saturated carbocycles. The van der Waals surface area contributed by atoms with Crippen LogP contribution in [-0.4, -0.2) is 17.9 Å². The van der Waals surface area contributed by atoms with Crippen molar-refractivity contribution in [2.75, 3.05) is 5.32 Å². The van der Waals surface area contributed by atoms with Crippen LogP contribution in [-0.2, 0) is 4.79 Å². The predicted octanol–water partition coefficient (Wildman–Crippen LogP) is 4.89. The molecule has 0 aliphatic rings. The highest BCUT2D eigenvalue weighted by atomic mass is 16.5. The molecule has 5 heteroatoms. The molecule has 2 atom stereocenters. The van der Waals surface area contributed by atoms with E-state index >= 15 is 0 Å². The minimum atomic E-state index is -0.717. The van der Waals surface area contributed by atoms with E-state index in [1.807, 2.05) is 68.4 Å². The molecule has 5 nitrogen and oxygen atoms in total. The summed E-state index contributed by atoms with van der Waals surface area (Å²) in [7, 11) is 0. The Morgan fingerprint density at radius 3 is 2.20 bits per heavy atom. The van der Waals surface area contributed by atoms with Crippen molar-refractivity contribution in [2.24, 2.45) is 0 Å². The first-order chi connectivity index (χ1) is 14.5. The van der Waals surface area contributed by atoms with E-state index in [4.69, 9.17) is 4.74 Å². The third-order valence-electron chi connectivity index (χ3n) is 4.84. The molecule has 0 aliphatic carbocycles. The van der Waals surface area contributed by atoms with Crippen LogP contribution >= 0.6 is 0 Å². The second-order valence-electron chi connectivity index (χ2n) is 7.17. The zero-order valence-electron chi connectivity index (χ0n) is 17.4. The molecule has 154 valence electrons. The van der Waals surface area contributed by atoms with Crippen molar-refractivity contribution in [3.8, 4) is 5.75 Å². The van der Waals surface area contributed by atoms with Crippen molar-refractivity contribution in [3.63, 3.8) is 0 Å². The van der Waals surface area contributed by atoms with Crippen molar-refractivity contribution in [1.82, 2.24) is 5.32 Å². The average Bonchev–Trinajstić information content (AvgIpc) is 2.76. The van der Waals surface area contributed by atoms with Crippen molar-refractivity contribution < 1.29 is 14.3 Å². The van der Waals surface area contributed by atoms with E-state index in [1.54, 1.807) is 31.2 Å². The minimum Gasteiger partial charge on any atom is -0.481 e. The lowest BCUT2D eigenvalue weighted by atomic mass is 10.1. The SMILES string of the molecule is Cc1ccccc1O[C@@H](C)C(=O)Nc1ccccc1C(=O)N[C@H](C)c1ccccc1. The Morgan fingerprint density at radius 2 is 1.47 bits per heavy atom. The first-order valence-electron chi connectivity index (χ1n) is 9.93. The van der Waals surface area contributed by atoms with E-state index in [1.165, 1.54) is 0 Å². The van der Waals surface area contributed by atoms with Crippen LogP contribution in [0.4, 0.5) is 5.69 Å². The maximum absolute atomic E-state index is 12.8. The molecule has 3 aromatic rings. The van der Waals surface area contributed by atoms with Crippen LogP contribution < -0.4 is 15.4 Å². The van der Waals surface area contributed by atoms with Crippen molar-refractivity contribution in [3.05, 3.63) is 95.6 Å². The first-order valence-corrected chi connectivity index (χ1v) is 9.93. The molecule has 3 rings (SSSR count). The zero-order chi connectivity index (χ0) is 21.5. The summed E-state index contributed by atoms with van der Waals surface area (Å²) < 4.78 is 5.79. The predicted molar refractivity (Wildman–Crippen MR) is 119 cm³/mol. The Kier molecular flexibility index (Phi) is 6.86. The van der Waals surface area contributed by atoms with Gasteiger partial charge in [-0.25, -0.2) is 0 Å². The van der Waals surface area contributed by atoms with E-state index in [2.05, 4.69) is 10.6 Å². The second-order valence-corrected chi connectivity index (χ2v) is 7.17. The summed E-state index contributed by atoms with van der Waals surface area (Å²) in [6, 6.07) is 24.0. The molecule has 2 N–H and O–H groups in total. The monoisotopic (exact) mass is 402 g/mol. The normalized spacial score (nSPS) is 12.5. The quantitative estimate of drug-likeness (QED) is 0.591. The molecule has 0 spiro atoms. The molecule has 0 saturated heterocycles. The number of benzene rings is 3. The topological polar surface area (TPSA) is 67.4 Å². The number of hydrogen-bond donors (Lipinski definition) is 2. The van der Waals surface area contributed by atoms with Crippen LogP contribution in [0.25, 0.3) is 0 Å². The smallest absolute Gasteiger partial charge is 0.265 e. The van der Waals surface area contributed by atoms with Crippen LogP contribution in [0.5, 0.6) is 5.75 Å². The summed E-state index contributed by atoms with van der Waals surface area (Å²) in [6.45, 7) is 5.53. The summed E-state index contributed by atoms with van der Waals surface area (Å²) in [5.74, 6) is 0.0761. The fourth-order valence-electron chi connectivity index (χ4n) is 3.06. The standard InChI is InChI=1S/C25H26N2O3/c1-17-11-7-10-16-23(17)30-19(3)24(28)27-22-15-9-8-14-21(22)25(29)26-18(2)20-12-5-4-6-13-20/h4-16,18-19H,1-3H3,(H,26,29)(H,27,28)/t18-,19+/m1/s1. The number of anilines is 1. The van der Waals surface area contributed by atoms with E-state index in [9.17, 15) is 9.59 Å². The average molecular weight is 402 g/mol. The number of carbonyl (C=O) groups excluding carboxylic acids is 2. The van der Waals surface area contributed by atoms with E-state index in [-0.39, 0.29) is 17.9 Å². The number of amides is 2. The van der Waals surface area contributed by atoms with E-state index in [0.717, 1.165) is 11.1 Å². The fraction of sp³-hybridized carbons (Fsp3) is 0.200. The van der Waals surface area contributed by atoms with Gasteiger partial charge in [0, 0.05) is 0 Å². The molecule has 0 heterocycles. The Balaban J connectivity index is 1.69. The summed E-state index contributed by atoms with van der Waals surface area (Å²) in [6.07, 6.45) is -0.717. The number of para-hydroxylation sites is 2. The molecular formula is C25H26N2O3. The molecule has 0 aliphatic heterocycles. The maximum Gasteiger partial charge on any atom is 0.265 e. The fourth-order valence-corrected chi connectivity index (χ4v) is 3.06. The van der Waals surface area contributed by atoms with Crippen molar-refractivity contribution in [1.29, 1.82) is 0 Å². The number of ether oxygens (including phenoxy) is 1. The van der Waals surface area contributed by atoms with Crippen LogP contribution in [0.2, 0.25) is 0 Å². The van der Waals surface area contributed by atoms with E-state index < -0.39 is 6.10 Å². The van der Waals surface area contributed by atoms with Gasteiger partial charge in [-0.2, -0.15) is 0 Å². The zero-order valence-corrected chi connectivity index (χ0v) is 17.4. The number of carbonyl (C=O) groups is 2. The minimum absolute atomic E-state index is 0.161. The Labute approximate surface area is 177 Å². The van der Waals surface area contributed by atoms with Crippen LogP contribution in [0.15, 0.2) is 78.9 Å². The van der Waals surface area contributed by atoms with Gasteiger partial charge in [0.2, 0.25) is 0 Å². The van der Waals surface area contributed by atoms with Gasteiger partial charge in [-0.1, -0.05) is 60.7 Å². The third-order valence-corrected chi connectivity index (χ3v) is 4.84. The van der Waals surface area contributed by atoms with Gasteiger partial charge >= 0.3 is 0 Å². The molecule has 0 bridgehead atoms. The summed E-state index contributed by atoms with van der Waals surface area (Å²) in [4.78, 5) is 25.5. The molecule has 0 unspecified atom stereocenters. The van der Waals surface area contributed by atoms with Crippen LogP contribution in [0, 0.1) is 6.92 Å². The molecule has 3 aromatic carbocycles. The largest absolute Gasteiger partial charge is 0.481 e. The third kappa shape index (κ3) is 5.26. The van der Waals surface area contributed by atoms with Gasteiger partial charge < -0.3 is 15.4 Å². The van der Waals surface area contributed by atoms with Crippen LogP contribution in [0.3, 0.4) is 0 Å². The number of nitrogens with one attached hydrogen (secondary N) is 2. The van der Waals surface area contributed by atoms with Gasteiger partial charge in [-0.15, -0.1) is 0 Å². The molecule has 30 heavy (non-hydrogen) atoms. The lowest BCUT2D eigenvalue weighted by Crippen LogP contribution is -2.32. The Morgan fingerprint density at radius 1 is 0.833 bits per heavy atom. The highest BCUT2D eigenvalue weighted by Gasteiger charge is 2.20. The van der Waals surface area contributed by atoms with Gasteiger partial charge in [0.25, 0.3) is 11.8 Å². The highest BCUT2D eigenvalue weighted by Crippen LogP contribution is 2.20. The van der Waals surface area contributed by atoms with Gasteiger partial charge in [0.05, 0.1) is 17.3 Å². The maximum atomic E-state index is 12.8. The molecule has 0 radical (unpaired) electrons. The number of aryl methyl sites for hydroxylation is 1. The lowest BCUT2D eigenvalue weighted by molar-refractivity contribution is -0.122. The van der Waals surface area contributed by atoms with Crippen molar-refractivity contribution in [2.45, 2.75) is 32.9 Å². The second kappa shape index (κ2) is 9.74. The molecule has 0 aromatic heterocycles. The summed E-state index contributed by atoms with van der Waals surface area (Å²) in [5.41, 5.74) is 2.80. The molecule has 0 fully saturated rings. The van der Waals surface area contributed by atoms with Gasteiger partial charge in [-0.05, 0) is 50.1 Å².